The highest BCUT2D eigenvalue weighted by atomic mass is 16.2. The van der Waals surface area contributed by atoms with Crippen molar-refractivity contribution in [2.75, 3.05) is 25.0 Å². The Morgan fingerprint density at radius 1 is 1.47 bits per heavy atom. The summed E-state index contributed by atoms with van der Waals surface area (Å²) in [6.45, 7) is 6.54. The number of carbonyl (C=O) groups excluding carboxylic acids is 1. The number of carbonyl (C=O) groups is 1. The first-order valence-corrected chi connectivity index (χ1v) is 7.23. The molecule has 1 saturated carbocycles. The van der Waals surface area contributed by atoms with Gasteiger partial charge in [0.15, 0.2) is 0 Å². The molecule has 1 aliphatic carbocycles. The Bertz CT molecular complexity index is 429. The van der Waals surface area contributed by atoms with Crippen molar-refractivity contribution in [3.63, 3.8) is 0 Å². The van der Waals surface area contributed by atoms with Gasteiger partial charge in [-0.3, -0.25) is 4.79 Å². The molecule has 1 amide bonds. The van der Waals surface area contributed by atoms with Gasteiger partial charge in [-0.15, -0.1) is 0 Å². The van der Waals surface area contributed by atoms with E-state index in [0.717, 1.165) is 31.0 Å². The molecule has 19 heavy (non-hydrogen) atoms. The largest absolute Gasteiger partial charge is 0.370 e. The molecule has 4 heteroatoms. The number of rotatable bonds is 6. The summed E-state index contributed by atoms with van der Waals surface area (Å²) in [6, 6.07) is 3.64. The number of anilines is 1. The smallest absolute Gasteiger partial charge is 0.254 e. The Labute approximate surface area is 115 Å². The highest BCUT2D eigenvalue weighted by molar-refractivity contribution is 5.94. The maximum absolute atomic E-state index is 12.5. The van der Waals surface area contributed by atoms with Gasteiger partial charge < -0.3 is 10.2 Å². The van der Waals surface area contributed by atoms with Crippen LogP contribution in [0.15, 0.2) is 18.3 Å². The van der Waals surface area contributed by atoms with Crippen LogP contribution < -0.4 is 5.32 Å². The van der Waals surface area contributed by atoms with Crippen molar-refractivity contribution >= 4 is 11.7 Å². The standard InChI is InChI=1S/C15H23N3O/c1-3-16-14-10-13(8-9-17-14)15(19)18(4-2)11-12-6-5-7-12/h8-10,12H,3-7,11H2,1-2H3,(H,16,17). The monoisotopic (exact) mass is 261 g/mol. The number of hydrogen-bond donors (Lipinski definition) is 1. The van der Waals surface area contributed by atoms with E-state index in [-0.39, 0.29) is 5.91 Å². The van der Waals surface area contributed by atoms with E-state index in [1.807, 2.05) is 24.8 Å². The normalized spacial score (nSPS) is 14.8. The van der Waals surface area contributed by atoms with Crippen molar-refractivity contribution < 1.29 is 4.79 Å². The van der Waals surface area contributed by atoms with Crippen LogP contribution in [0.3, 0.4) is 0 Å². The highest BCUT2D eigenvalue weighted by Gasteiger charge is 2.23. The maximum atomic E-state index is 12.5. The zero-order valence-corrected chi connectivity index (χ0v) is 11.9. The summed E-state index contributed by atoms with van der Waals surface area (Å²) in [5.74, 6) is 1.60. The molecule has 0 spiro atoms. The molecular formula is C15H23N3O. The van der Waals surface area contributed by atoms with Crippen LogP contribution in [0, 0.1) is 5.92 Å². The number of pyridine rings is 1. The minimum absolute atomic E-state index is 0.121. The quantitative estimate of drug-likeness (QED) is 0.856. The first-order valence-electron chi connectivity index (χ1n) is 7.23. The van der Waals surface area contributed by atoms with Crippen molar-refractivity contribution in [1.82, 2.24) is 9.88 Å². The molecule has 0 saturated heterocycles. The Balaban J connectivity index is 2.05. The SMILES string of the molecule is CCNc1cc(C(=O)N(CC)CC2CCC2)ccn1. The third kappa shape index (κ3) is 3.46. The Kier molecular flexibility index (Phi) is 4.77. The molecule has 1 heterocycles. The third-order valence-electron chi connectivity index (χ3n) is 3.74. The summed E-state index contributed by atoms with van der Waals surface area (Å²) in [5, 5.41) is 3.14. The van der Waals surface area contributed by atoms with Gasteiger partial charge in [0.25, 0.3) is 5.91 Å². The summed E-state index contributed by atoms with van der Waals surface area (Å²) in [6.07, 6.45) is 5.55. The summed E-state index contributed by atoms with van der Waals surface area (Å²) in [4.78, 5) is 18.6. The van der Waals surface area contributed by atoms with Gasteiger partial charge in [-0.1, -0.05) is 6.42 Å². The second kappa shape index (κ2) is 6.55. The lowest BCUT2D eigenvalue weighted by atomic mass is 9.85. The molecule has 0 aliphatic heterocycles. The predicted molar refractivity (Wildman–Crippen MR) is 77.3 cm³/mol. The van der Waals surface area contributed by atoms with Crippen LogP contribution in [0.1, 0.15) is 43.5 Å². The summed E-state index contributed by atoms with van der Waals surface area (Å²) in [5.41, 5.74) is 0.729. The zero-order chi connectivity index (χ0) is 13.7. The van der Waals surface area contributed by atoms with E-state index >= 15 is 0 Å². The van der Waals surface area contributed by atoms with Gasteiger partial charge in [-0.2, -0.15) is 0 Å². The first kappa shape index (κ1) is 13.8. The van der Waals surface area contributed by atoms with E-state index in [0.29, 0.717) is 5.92 Å². The average Bonchev–Trinajstić information content (AvgIpc) is 2.38. The lowest BCUT2D eigenvalue weighted by Gasteiger charge is -2.31. The summed E-state index contributed by atoms with van der Waals surface area (Å²) >= 11 is 0. The molecule has 1 fully saturated rings. The molecule has 0 unspecified atom stereocenters. The van der Waals surface area contributed by atoms with Crippen LogP contribution in [-0.2, 0) is 0 Å². The minimum atomic E-state index is 0.121. The summed E-state index contributed by atoms with van der Waals surface area (Å²) < 4.78 is 0. The van der Waals surface area contributed by atoms with Gasteiger partial charge in [0.2, 0.25) is 0 Å². The Morgan fingerprint density at radius 3 is 2.84 bits per heavy atom. The molecule has 1 aromatic rings. The number of hydrogen-bond acceptors (Lipinski definition) is 3. The average molecular weight is 261 g/mol. The first-order chi connectivity index (χ1) is 9.24. The van der Waals surface area contributed by atoms with Crippen molar-refractivity contribution in [1.29, 1.82) is 0 Å². The summed E-state index contributed by atoms with van der Waals surface area (Å²) in [7, 11) is 0. The molecule has 0 aromatic carbocycles. The topological polar surface area (TPSA) is 45.2 Å². The van der Waals surface area contributed by atoms with E-state index in [4.69, 9.17) is 0 Å². The zero-order valence-electron chi connectivity index (χ0n) is 11.9. The number of aromatic nitrogens is 1. The number of nitrogens with zero attached hydrogens (tertiary/aromatic N) is 2. The fourth-order valence-electron chi connectivity index (χ4n) is 2.37. The van der Waals surface area contributed by atoms with Gasteiger partial charge >= 0.3 is 0 Å². The van der Waals surface area contributed by atoms with Crippen LogP contribution in [0.2, 0.25) is 0 Å². The van der Waals surface area contributed by atoms with Gasteiger partial charge in [0.1, 0.15) is 5.82 Å². The van der Waals surface area contributed by atoms with E-state index in [2.05, 4.69) is 10.3 Å². The van der Waals surface area contributed by atoms with Crippen molar-refractivity contribution in [2.24, 2.45) is 5.92 Å². The molecule has 0 bridgehead atoms. The molecular weight excluding hydrogens is 238 g/mol. The Morgan fingerprint density at radius 2 is 2.26 bits per heavy atom. The predicted octanol–water partition coefficient (Wildman–Crippen LogP) is 2.78. The third-order valence-corrected chi connectivity index (χ3v) is 3.74. The van der Waals surface area contributed by atoms with E-state index in [1.165, 1.54) is 19.3 Å². The lowest BCUT2D eigenvalue weighted by Crippen LogP contribution is -2.37. The van der Waals surface area contributed by atoms with Crippen molar-refractivity contribution in [2.45, 2.75) is 33.1 Å². The molecule has 1 N–H and O–H groups in total. The van der Waals surface area contributed by atoms with Gasteiger partial charge in [0.05, 0.1) is 0 Å². The van der Waals surface area contributed by atoms with Gasteiger partial charge in [0, 0.05) is 31.4 Å². The molecule has 0 atom stereocenters. The second-order valence-electron chi connectivity index (χ2n) is 5.10. The molecule has 1 aliphatic rings. The molecule has 1 aromatic heterocycles. The molecule has 4 nitrogen and oxygen atoms in total. The van der Waals surface area contributed by atoms with E-state index in [1.54, 1.807) is 12.3 Å². The van der Waals surface area contributed by atoms with Crippen molar-refractivity contribution in [3.8, 4) is 0 Å². The van der Waals surface area contributed by atoms with Gasteiger partial charge in [-0.05, 0) is 44.7 Å². The van der Waals surface area contributed by atoms with Crippen LogP contribution in [0.25, 0.3) is 0 Å². The molecule has 2 rings (SSSR count). The molecule has 0 radical (unpaired) electrons. The number of nitrogens with one attached hydrogen (secondary N) is 1. The molecule has 104 valence electrons. The highest BCUT2D eigenvalue weighted by Crippen LogP contribution is 2.27. The Hall–Kier alpha value is -1.58. The van der Waals surface area contributed by atoms with Crippen LogP contribution >= 0.6 is 0 Å². The van der Waals surface area contributed by atoms with Crippen molar-refractivity contribution in [3.05, 3.63) is 23.9 Å². The fraction of sp³-hybridized carbons (Fsp3) is 0.600. The number of amides is 1. The maximum Gasteiger partial charge on any atom is 0.254 e. The minimum Gasteiger partial charge on any atom is -0.370 e. The van der Waals surface area contributed by atoms with Crippen LogP contribution in [-0.4, -0.2) is 35.4 Å². The van der Waals surface area contributed by atoms with Crippen LogP contribution in [0.5, 0.6) is 0 Å². The van der Waals surface area contributed by atoms with Gasteiger partial charge in [-0.25, -0.2) is 4.98 Å². The lowest BCUT2D eigenvalue weighted by molar-refractivity contribution is 0.0706. The van der Waals surface area contributed by atoms with Crippen LogP contribution in [0.4, 0.5) is 5.82 Å². The van der Waals surface area contributed by atoms with E-state index in [9.17, 15) is 4.79 Å². The van der Waals surface area contributed by atoms with E-state index < -0.39 is 0 Å². The fourth-order valence-corrected chi connectivity index (χ4v) is 2.37. The second-order valence-corrected chi connectivity index (χ2v) is 5.10.